The van der Waals surface area contributed by atoms with Crippen molar-refractivity contribution < 1.29 is 14.6 Å². The predicted molar refractivity (Wildman–Crippen MR) is 112 cm³/mol. The number of carboxylic acid groups (broad SMARTS) is 1. The zero-order chi connectivity index (χ0) is 19.8. The molecule has 2 aromatic carbocycles. The van der Waals surface area contributed by atoms with Crippen molar-refractivity contribution in [1.82, 2.24) is 0 Å². The van der Waals surface area contributed by atoms with Crippen LogP contribution in [0.5, 0.6) is 11.5 Å². The van der Waals surface area contributed by atoms with Crippen molar-refractivity contribution in [2.75, 3.05) is 18.0 Å². The first-order valence-electron chi connectivity index (χ1n) is 9.21. The molecule has 27 heavy (non-hydrogen) atoms. The van der Waals surface area contributed by atoms with Gasteiger partial charge >= 0.3 is 5.97 Å². The van der Waals surface area contributed by atoms with Crippen LogP contribution in [-0.4, -0.2) is 24.2 Å². The zero-order valence-electron chi connectivity index (χ0n) is 15.7. The summed E-state index contributed by atoms with van der Waals surface area (Å²) in [5.41, 5.74) is 0.855. The van der Waals surface area contributed by atoms with Crippen LogP contribution >= 0.6 is 23.2 Å². The number of nitrogens with zero attached hydrogens (tertiary/aromatic N) is 1. The van der Waals surface area contributed by atoms with Crippen molar-refractivity contribution in [3.63, 3.8) is 0 Å². The molecule has 0 bridgehead atoms. The molecule has 0 unspecified atom stereocenters. The van der Waals surface area contributed by atoms with Crippen LogP contribution in [0.1, 0.15) is 49.9 Å². The van der Waals surface area contributed by atoms with Gasteiger partial charge in [-0.1, -0.05) is 49.9 Å². The third kappa shape index (κ3) is 6.05. The quantitative estimate of drug-likeness (QED) is 0.463. The molecule has 4 nitrogen and oxygen atoms in total. The molecule has 2 aromatic rings. The predicted octanol–water partition coefficient (Wildman–Crippen LogP) is 6.89. The van der Waals surface area contributed by atoms with Gasteiger partial charge in [0.05, 0.1) is 16.3 Å². The van der Waals surface area contributed by atoms with Crippen LogP contribution in [0.25, 0.3) is 0 Å². The van der Waals surface area contributed by atoms with E-state index in [4.69, 9.17) is 27.9 Å². The first-order chi connectivity index (χ1) is 13.0. The van der Waals surface area contributed by atoms with Gasteiger partial charge in [0, 0.05) is 18.1 Å². The summed E-state index contributed by atoms with van der Waals surface area (Å²) in [5, 5.41) is 10.3. The second-order valence-electron chi connectivity index (χ2n) is 6.36. The summed E-state index contributed by atoms with van der Waals surface area (Å²) in [5.74, 6) is 0.0508. The minimum atomic E-state index is -1.01. The highest BCUT2D eigenvalue weighted by molar-refractivity contribution is 6.33. The van der Waals surface area contributed by atoms with Gasteiger partial charge in [0.25, 0.3) is 0 Å². The average Bonchev–Trinajstić information content (AvgIpc) is 2.65. The molecular weight excluding hydrogens is 385 g/mol. The first kappa shape index (κ1) is 21.4. The van der Waals surface area contributed by atoms with Gasteiger partial charge in [0.1, 0.15) is 5.75 Å². The Balaban J connectivity index is 2.48. The molecule has 0 amide bonds. The molecule has 0 aliphatic heterocycles. The molecule has 0 fully saturated rings. The average molecular weight is 410 g/mol. The van der Waals surface area contributed by atoms with Crippen LogP contribution in [0.4, 0.5) is 5.69 Å². The molecule has 1 N–H and O–H groups in total. The molecule has 6 heteroatoms. The molecule has 0 aromatic heterocycles. The maximum absolute atomic E-state index is 11.5. The van der Waals surface area contributed by atoms with E-state index in [0.717, 1.165) is 38.8 Å². The van der Waals surface area contributed by atoms with Gasteiger partial charge in [-0.3, -0.25) is 0 Å². The lowest BCUT2D eigenvalue weighted by Crippen LogP contribution is -2.26. The number of rotatable bonds is 10. The number of halogens is 2. The summed E-state index contributed by atoms with van der Waals surface area (Å²) < 4.78 is 6.05. The van der Waals surface area contributed by atoms with E-state index in [-0.39, 0.29) is 10.6 Å². The van der Waals surface area contributed by atoms with Crippen LogP contribution < -0.4 is 9.64 Å². The minimum Gasteiger partial charge on any atom is -0.478 e. The van der Waals surface area contributed by atoms with Crippen LogP contribution in [0, 0.1) is 0 Å². The first-order valence-corrected chi connectivity index (χ1v) is 9.97. The summed E-state index contributed by atoms with van der Waals surface area (Å²) in [6.45, 7) is 5.88. The lowest BCUT2D eigenvalue weighted by Gasteiger charge is -2.27. The monoisotopic (exact) mass is 409 g/mol. The van der Waals surface area contributed by atoms with E-state index in [9.17, 15) is 9.90 Å². The summed E-state index contributed by atoms with van der Waals surface area (Å²) in [4.78, 5) is 13.7. The molecule has 0 aliphatic rings. The van der Waals surface area contributed by atoms with Crippen molar-refractivity contribution in [1.29, 1.82) is 0 Å². The molecule has 0 saturated carbocycles. The zero-order valence-corrected chi connectivity index (χ0v) is 17.2. The molecule has 0 spiro atoms. The van der Waals surface area contributed by atoms with Gasteiger partial charge in [0.15, 0.2) is 5.75 Å². The Morgan fingerprint density at radius 3 is 2.15 bits per heavy atom. The van der Waals surface area contributed by atoms with Gasteiger partial charge in [-0.25, -0.2) is 4.79 Å². The molecular formula is C21H25Cl2NO3. The van der Waals surface area contributed by atoms with Gasteiger partial charge in [-0.2, -0.15) is 0 Å². The molecule has 0 atom stereocenters. The van der Waals surface area contributed by atoms with Crippen molar-refractivity contribution in [3.8, 4) is 11.5 Å². The van der Waals surface area contributed by atoms with Crippen LogP contribution in [0.3, 0.4) is 0 Å². The number of hydrogen-bond donors (Lipinski definition) is 1. The van der Waals surface area contributed by atoms with Gasteiger partial charge in [-0.15, -0.1) is 0 Å². The summed E-state index contributed by atoms with van der Waals surface area (Å²) in [6, 6.07) is 10.1. The van der Waals surface area contributed by atoms with Crippen molar-refractivity contribution in [3.05, 3.63) is 52.0 Å². The van der Waals surface area contributed by atoms with Crippen LogP contribution in [0.2, 0.25) is 10.0 Å². The maximum atomic E-state index is 11.5. The van der Waals surface area contributed by atoms with E-state index in [1.807, 2.05) is 0 Å². The number of unbranched alkanes of at least 4 members (excludes halogenated alkanes) is 2. The largest absolute Gasteiger partial charge is 0.478 e. The van der Waals surface area contributed by atoms with E-state index < -0.39 is 5.97 Å². The summed E-state index contributed by atoms with van der Waals surface area (Å²) in [7, 11) is 0. The van der Waals surface area contributed by atoms with E-state index in [1.54, 1.807) is 30.3 Å². The number of anilines is 1. The number of ether oxygens (including phenoxy) is 1. The molecule has 0 saturated heterocycles. The smallest absolute Gasteiger partial charge is 0.335 e. The highest BCUT2D eigenvalue weighted by Crippen LogP contribution is 2.40. The highest BCUT2D eigenvalue weighted by Gasteiger charge is 2.20. The third-order valence-electron chi connectivity index (χ3n) is 4.21. The van der Waals surface area contributed by atoms with Crippen molar-refractivity contribution in [2.45, 2.75) is 39.5 Å². The third-order valence-corrected chi connectivity index (χ3v) is 4.74. The van der Waals surface area contributed by atoms with E-state index in [1.165, 1.54) is 6.07 Å². The Kier molecular flexibility index (Phi) is 8.26. The Hall–Kier alpha value is -1.91. The molecule has 146 valence electrons. The van der Waals surface area contributed by atoms with Gasteiger partial charge in [0.2, 0.25) is 0 Å². The van der Waals surface area contributed by atoms with E-state index in [0.29, 0.717) is 22.2 Å². The Morgan fingerprint density at radius 2 is 1.63 bits per heavy atom. The standard InChI is InChI=1S/C21H25Cl2NO3/c1-3-5-11-24(12-6-4-2)19-14-15(21(25)26)13-18(23)20(19)27-17-9-7-16(22)8-10-17/h7-10,13-14H,3-6,11-12H2,1-2H3,(H,25,26). The Morgan fingerprint density at radius 1 is 1.04 bits per heavy atom. The SMILES string of the molecule is CCCCN(CCCC)c1cc(C(=O)O)cc(Cl)c1Oc1ccc(Cl)cc1. The Bertz CT molecular complexity index is 755. The molecule has 2 rings (SSSR count). The molecule has 0 radical (unpaired) electrons. The lowest BCUT2D eigenvalue weighted by atomic mass is 10.1. The second kappa shape index (κ2) is 10.4. The fraction of sp³-hybridized carbons (Fsp3) is 0.381. The number of hydrogen-bond acceptors (Lipinski definition) is 3. The maximum Gasteiger partial charge on any atom is 0.335 e. The van der Waals surface area contributed by atoms with Crippen molar-refractivity contribution in [2.24, 2.45) is 0 Å². The fourth-order valence-electron chi connectivity index (χ4n) is 2.71. The van der Waals surface area contributed by atoms with Crippen LogP contribution in [0.15, 0.2) is 36.4 Å². The Labute approximate surface area is 170 Å². The van der Waals surface area contributed by atoms with Crippen LogP contribution in [-0.2, 0) is 0 Å². The topological polar surface area (TPSA) is 49.8 Å². The molecule has 0 heterocycles. The summed E-state index contributed by atoms with van der Waals surface area (Å²) in [6.07, 6.45) is 4.09. The normalized spacial score (nSPS) is 10.7. The minimum absolute atomic E-state index is 0.149. The highest BCUT2D eigenvalue weighted by atomic mass is 35.5. The number of carboxylic acids is 1. The fourth-order valence-corrected chi connectivity index (χ4v) is 3.09. The van der Waals surface area contributed by atoms with E-state index in [2.05, 4.69) is 18.7 Å². The number of benzene rings is 2. The van der Waals surface area contributed by atoms with E-state index >= 15 is 0 Å². The van der Waals surface area contributed by atoms with Gasteiger partial charge < -0.3 is 14.7 Å². The molecule has 0 aliphatic carbocycles. The van der Waals surface area contributed by atoms with Gasteiger partial charge in [-0.05, 0) is 49.2 Å². The lowest BCUT2D eigenvalue weighted by molar-refractivity contribution is 0.0697. The second-order valence-corrected chi connectivity index (χ2v) is 7.21. The number of aromatic carboxylic acids is 1. The van der Waals surface area contributed by atoms with Crippen molar-refractivity contribution >= 4 is 34.9 Å². The number of carbonyl (C=O) groups is 1. The summed E-state index contributed by atoms with van der Waals surface area (Å²) >= 11 is 12.4.